The predicted octanol–water partition coefficient (Wildman–Crippen LogP) is 2.01. The number of rotatable bonds is 6. The molecular formula is C15H19FN2O4. The molecule has 0 aliphatic carbocycles. The number of benzene rings is 1. The molecule has 1 unspecified atom stereocenters. The number of carbonyl (C=O) groups is 3. The second kappa shape index (κ2) is 7.53. The average molecular weight is 310 g/mol. The zero-order valence-electron chi connectivity index (χ0n) is 12.6. The van der Waals surface area contributed by atoms with Crippen molar-refractivity contribution in [3.8, 4) is 0 Å². The first-order valence-electron chi connectivity index (χ1n) is 6.81. The maximum atomic E-state index is 13.5. The minimum atomic E-state index is -1.13. The SMILES string of the molecule is CC(=O)Nc1cc(C(=O)NC(CC(C)C)C(=O)O)ccc1F. The fraction of sp³-hybridized carbons (Fsp3) is 0.400. The lowest BCUT2D eigenvalue weighted by Gasteiger charge is -2.16. The molecule has 3 N–H and O–H groups in total. The lowest BCUT2D eigenvalue weighted by Crippen LogP contribution is -2.41. The van der Waals surface area contributed by atoms with Gasteiger partial charge in [0.1, 0.15) is 11.9 Å². The Morgan fingerprint density at radius 1 is 1.27 bits per heavy atom. The lowest BCUT2D eigenvalue weighted by molar-refractivity contribution is -0.139. The summed E-state index contributed by atoms with van der Waals surface area (Å²) in [7, 11) is 0. The largest absolute Gasteiger partial charge is 0.480 e. The highest BCUT2D eigenvalue weighted by atomic mass is 19.1. The molecule has 0 bridgehead atoms. The summed E-state index contributed by atoms with van der Waals surface area (Å²) >= 11 is 0. The molecule has 1 rings (SSSR count). The van der Waals surface area contributed by atoms with Gasteiger partial charge in [0.05, 0.1) is 5.69 Å². The molecule has 0 saturated heterocycles. The zero-order valence-corrected chi connectivity index (χ0v) is 12.6. The van der Waals surface area contributed by atoms with E-state index in [1.165, 1.54) is 19.1 Å². The molecule has 7 heteroatoms. The van der Waals surface area contributed by atoms with Crippen LogP contribution in [0.3, 0.4) is 0 Å². The Morgan fingerprint density at radius 2 is 1.91 bits per heavy atom. The zero-order chi connectivity index (χ0) is 16.9. The van der Waals surface area contributed by atoms with Crippen LogP contribution in [-0.4, -0.2) is 28.9 Å². The summed E-state index contributed by atoms with van der Waals surface area (Å²) in [5.74, 6) is -2.83. The van der Waals surface area contributed by atoms with Gasteiger partial charge >= 0.3 is 5.97 Å². The third kappa shape index (κ3) is 5.16. The van der Waals surface area contributed by atoms with Crippen molar-refractivity contribution in [3.63, 3.8) is 0 Å². The van der Waals surface area contributed by atoms with E-state index in [1.807, 2.05) is 13.8 Å². The van der Waals surface area contributed by atoms with Crippen molar-refractivity contribution >= 4 is 23.5 Å². The molecule has 22 heavy (non-hydrogen) atoms. The maximum Gasteiger partial charge on any atom is 0.326 e. The van der Waals surface area contributed by atoms with E-state index in [0.717, 1.165) is 6.07 Å². The summed E-state index contributed by atoms with van der Waals surface area (Å²) in [6, 6.07) is 2.41. The van der Waals surface area contributed by atoms with Gasteiger partial charge in [0.2, 0.25) is 5.91 Å². The molecule has 0 fully saturated rings. The first kappa shape index (κ1) is 17.6. The molecule has 0 heterocycles. The Bertz CT molecular complexity index is 587. The molecule has 0 aromatic heterocycles. The van der Waals surface area contributed by atoms with Crippen LogP contribution in [0, 0.1) is 11.7 Å². The molecule has 0 aliphatic rings. The number of halogens is 1. The second-order valence-electron chi connectivity index (χ2n) is 5.37. The van der Waals surface area contributed by atoms with Gasteiger partial charge < -0.3 is 15.7 Å². The number of carboxylic acid groups (broad SMARTS) is 1. The van der Waals surface area contributed by atoms with Gasteiger partial charge in [0.15, 0.2) is 0 Å². The topological polar surface area (TPSA) is 95.5 Å². The molecule has 120 valence electrons. The van der Waals surface area contributed by atoms with Crippen molar-refractivity contribution in [2.75, 3.05) is 5.32 Å². The maximum absolute atomic E-state index is 13.5. The number of anilines is 1. The van der Waals surface area contributed by atoms with Crippen LogP contribution in [0.5, 0.6) is 0 Å². The van der Waals surface area contributed by atoms with E-state index in [0.29, 0.717) is 0 Å². The summed E-state index contributed by atoms with van der Waals surface area (Å²) in [6.45, 7) is 4.90. The summed E-state index contributed by atoms with van der Waals surface area (Å²) in [5, 5.41) is 13.8. The van der Waals surface area contributed by atoms with E-state index in [4.69, 9.17) is 5.11 Å². The first-order chi connectivity index (χ1) is 10.2. The van der Waals surface area contributed by atoms with Crippen LogP contribution in [-0.2, 0) is 9.59 Å². The van der Waals surface area contributed by atoms with Gasteiger partial charge in [-0.05, 0) is 30.5 Å². The summed E-state index contributed by atoms with van der Waals surface area (Å²) in [4.78, 5) is 34.2. The highest BCUT2D eigenvalue weighted by Gasteiger charge is 2.22. The summed E-state index contributed by atoms with van der Waals surface area (Å²) in [5.41, 5.74) is -0.0592. The number of carbonyl (C=O) groups excluding carboxylic acids is 2. The Balaban J connectivity index is 2.92. The third-order valence-electron chi connectivity index (χ3n) is 2.85. The molecule has 1 aromatic carbocycles. The third-order valence-corrected chi connectivity index (χ3v) is 2.85. The van der Waals surface area contributed by atoms with Gasteiger partial charge in [0.25, 0.3) is 5.91 Å². The van der Waals surface area contributed by atoms with Gasteiger partial charge in [-0.2, -0.15) is 0 Å². The molecule has 0 radical (unpaired) electrons. The van der Waals surface area contributed by atoms with Crippen LogP contribution >= 0.6 is 0 Å². The fourth-order valence-electron chi connectivity index (χ4n) is 1.89. The second-order valence-corrected chi connectivity index (χ2v) is 5.37. The summed E-state index contributed by atoms with van der Waals surface area (Å²) < 4.78 is 13.5. The van der Waals surface area contributed by atoms with Crippen molar-refractivity contribution in [2.24, 2.45) is 5.92 Å². The van der Waals surface area contributed by atoms with Gasteiger partial charge in [-0.15, -0.1) is 0 Å². The van der Waals surface area contributed by atoms with Crippen LogP contribution in [0.4, 0.5) is 10.1 Å². The Hall–Kier alpha value is -2.44. The molecule has 6 nitrogen and oxygen atoms in total. The van der Waals surface area contributed by atoms with Gasteiger partial charge in [-0.1, -0.05) is 13.8 Å². The minimum Gasteiger partial charge on any atom is -0.480 e. The minimum absolute atomic E-state index is 0.0696. The Kier molecular flexibility index (Phi) is 6.03. The van der Waals surface area contributed by atoms with Crippen LogP contribution < -0.4 is 10.6 Å². The monoisotopic (exact) mass is 310 g/mol. The lowest BCUT2D eigenvalue weighted by atomic mass is 10.0. The molecule has 2 amide bonds. The summed E-state index contributed by atoms with van der Waals surface area (Å²) in [6.07, 6.45) is 0.279. The van der Waals surface area contributed by atoms with E-state index in [-0.39, 0.29) is 23.6 Å². The highest BCUT2D eigenvalue weighted by molar-refractivity contribution is 5.98. The van der Waals surface area contributed by atoms with Crippen LogP contribution in [0.15, 0.2) is 18.2 Å². The van der Waals surface area contributed by atoms with Crippen molar-refractivity contribution < 1.29 is 23.9 Å². The molecule has 0 saturated carbocycles. The van der Waals surface area contributed by atoms with Gasteiger partial charge in [-0.25, -0.2) is 9.18 Å². The molecule has 1 aromatic rings. The average Bonchev–Trinajstić information content (AvgIpc) is 2.39. The van der Waals surface area contributed by atoms with E-state index in [9.17, 15) is 18.8 Å². The van der Waals surface area contributed by atoms with Crippen molar-refractivity contribution in [2.45, 2.75) is 33.2 Å². The Morgan fingerprint density at radius 3 is 2.41 bits per heavy atom. The van der Waals surface area contributed by atoms with E-state index in [1.54, 1.807) is 0 Å². The first-order valence-corrected chi connectivity index (χ1v) is 6.81. The number of aliphatic carboxylic acids is 1. The smallest absolute Gasteiger partial charge is 0.326 e. The van der Waals surface area contributed by atoms with E-state index < -0.39 is 29.6 Å². The normalized spacial score (nSPS) is 11.9. The van der Waals surface area contributed by atoms with Gasteiger partial charge in [0, 0.05) is 12.5 Å². The molecule has 1 atom stereocenters. The molecule has 0 aliphatic heterocycles. The standard InChI is InChI=1S/C15H19FN2O4/c1-8(2)6-13(15(21)22)18-14(20)10-4-5-11(16)12(7-10)17-9(3)19/h4-5,7-8,13H,6H2,1-3H3,(H,17,19)(H,18,20)(H,21,22). The molecule has 0 spiro atoms. The van der Waals surface area contributed by atoms with Crippen molar-refractivity contribution in [1.29, 1.82) is 0 Å². The fourth-order valence-corrected chi connectivity index (χ4v) is 1.89. The highest BCUT2D eigenvalue weighted by Crippen LogP contribution is 2.16. The van der Waals surface area contributed by atoms with Crippen LogP contribution in [0.25, 0.3) is 0 Å². The number of amides is 2. The van der Waals surface area contributed by atoms with E-state index in [2.05, 4.69) is 10.6 Å². The van der Waals surface area contributed by atoms with E-state index >= 15 is 0 Å². The quantitative estimate of drug-likeness (QED) is 0.749. The number of nitrogens with one attached hydrogen (secondary N) is 2. The Labute approximate surface area is 127 Å². The molecular weight excluding hydrogens is 291 g/mol. The van der Waals surface area contributed by atoms with Crippen molar-refractivity contribution in [3.05, 3.63) is 29.6 Å². The van der Waals surface area contributed by atoms with Crippen LogP contribution in [0.1, 0.15) is 37.6 Å². The predicted molar refractivity (Wildman–Crippen MR) is 79.0 cm³/mol. The number of hydrogen-bond acceptors (Lipinski definition) is 3. The van der Waals surface area contributed by atoms with Gasteiger partial charge in [-0.3, -0.25) is 9.59 Å². The number of hydrogen-bond donors (Lipinski definition) is 3. The van der Waals surface area contributed by atoms with Crippen LogP contribution in [0.2, 0.25) is 0 Å². The van der Waals surface area contributed by atoms with Crippen molar-refractivity contribution in [1.82, 2.24) is 5.32 Å². The number of carboxylic acids is 1.